The first-order valence-electron chi connectivity index (χ1n) is 6.58. The molecule has 1 heterocycles. The smallest absolute Gasteiger partial charge is 0.132 e. The van der Waals surface area contributed by atoms with E-state index in [0.717, 1.165) is 28.0 Å². The number of nitrogen functional groups attached to an aromatic ring is 1. The van der Waals surface area contributed by atoms with Gasteiger partial charge in [-0.05, 0) is 32.9 Å². The van der Waals surface area contributed by atoms with Crippen LogP contribution in [0.5, 0.6) is 0 Å². The normalized spacial score (nSPS) is 11.9. The van der Waals surface area contributed by atoms with Gasteiger partial charge in [-0.3, -0.25) is 0 Å². The van der Waals surface area contributed by atoms with Gasteiger partial charge in [-0.25, -0.2) is 4.98 Å². The molecule has 0 aliphatic heterocycles. The second-order valence-electron chi connectivity index (χ2n) is 5.75. The van der Waals surface area contributed by atoms with Crippen molar-refractivity contribution in [1.82, 2.24) is 9.55 Å². The molecule has 2 rings (SSSR count). The number of benzene rings is 1. The van der Waals surface area contributed by atoms with Crippen LogP contribution in [0.25, 0.3) is 11.3 Å². The monoisotopic (exact) mass is 355 g/mol. The van der Waals surface area contributed by atoms with E-state index in [2.05, 4.69) is 48.2 Å². The molecule has 0 fully saturated rings. The van der Waals surface area contributed by atoms with Crippen molar-refractivity contribution in [2.75, 3.05) is 5.73 Å². The maximum atomic E-state index is 6.33. The van der Waals surface area contributed by atoms with Gasteiger partial charge in [0.2, 0.25) is 0 Å². The molecule has 0 radical (unpaired) electrons. The first-order valence-corrected chi connectivity index (χ1v) is 7.75. The van der Waals surface area contributed by atoms with Crippen LogP contribution < -0.4 is 5.73 Å². The molecule has 0 aliphatic carbocycles. The van der Waals surface area contributed by atoms with Crippen LogP contribution in [0.15, 0.2) is 22.7 Å². The molecule has 1 aromatic carbocycles. The van der Waals surface area contributed by atoms with Crippen LogP contribution in [0.4, 0.5) is 5.82 Å². The molecule has 20 heavy (non-hydrogen) atoms. The van der Waals surface area contributed by atoms with Gasteiger partial charge in [0.1, 0.15) is 17.3 Å². The molecule has 0 saturated carbocycles. The summed E-state index contributed by atoms with van der Waals surface area (Å²) >= 11 is 9.73. The Kier molecular flexibility index (Phi) is 4.17. The summed E-state index contributed by atoms with van der Waals surface area (Å²) in [6.45, 7) is 8.45. The Bertz CT molecular complexity index is 641. The summed E-state index contributed by atoms with van der Waals surface area (Å²) in [6.07, 6.45) is 0.829. The quantitative estimate of drug-likeness (QED) is 0.834. The van der Waals surface area contributed by atoms with E-state index >= 15 is 0 Å². The molecule has 0 unspecified atom stereocenters. The average molecular weight is 357 g/mol. The molecule has 0 atom stereocenters. The van der Waals surface area contributed by atoms with E-state index < -0.39 is 0 Å². The maximum absolute atomic E-state index is 6.33. The predicted molar refractivity (Wildman–Crippen MR) is 89.2 cm³/mol. The van der Waals surface area contributed by atoms with Crippen molar-refractivity contribution < 1.29 is 0 Å². The van der Waals surface area contributed by atoms with Gasteiger partial charge in [-0.15, -0.1) is 0 Å². The van der Waals surface area contributed by atoms with Crippen molar-refractivity contribution in [2.45, 2.75) is 39.7 Å². The minimum Gasteiger partial charge on any atom is -0.383 e. The standard InChI is InChI=1S/C15H19BrClN3/c1-5-12-19-13(14(18)20(12)15(2,3)4)10-7-6-9(16)8-11(10)17/h6-8H,5,18H2,1-4H3. The number of hydrogen-bond acceptors (Lipinski definition) is 2. The van der Waals surface area contributed by atoms with E-state index in [-0.39, 0.29) is 5.54 Å². The number of nitrogens with zero attached hydrogens (tertiary/aromatic N) is 2. The summed E-state index contributed by atoms with van der Waals surface area (Å²) in [5.74, 6) is 1.64. The van der Waals surface area contributed by atoms with Gasteiger partial charge < -0.3 is 10.3 Å². The van der Waals surface area contributed by atoms with Crippen molar-refractivity contribution >= 4 is 33.3 Å². The van der Waals surface area contributed by atoms with E-state index in [1.807, 2.05) is 18.2 Å². The van der Waals surface area contributed by atoms with Crippen LogP contribution in [0.3, 0.4) is 0 Å². The first-order chi connectivity index (χ1) is 9.25. The van der Waals surface area contributed by atoms with E-state index in [0.29, 0.717) is 10.8 Å². The fourth-order valence-corrected chi connectivity index (χ4v) is 3.11. The lowest BCUT2D eigenvalue weighted by Gasteiger charge is -2.24. The third-order valence-corrected chi connectivity index (χ3v) is 3.96. The van der Waals surface area contributed by atoms with Crippen LogP contribution >= 0.6 is 27.5 Å². The van der Waals surface area contributed by atoms with Crippen molar-refractivity contribution in [3.8, 4) is 11.3 Å². The van der Waals surface area contributed by atoms with E-state index in [9.17, 15) is 0 Å². The summed E-state index contributed by atoms with van der Waals surface area (Å²) in [5.41, 5.74) is 7.85. The fourth-order valence-electron chi connectivity index (χ4n) is 2.35. The lowest BCUT2D eigenvalue weighted by molar-refractivity contribution is 0.389. The van der Waals surface area contributed by atoms with Gasteiger partial charge in [0.25, 0.3) is 0 Å². The minimum atomic E-state index is -0.109. The summed E-state index contributed by atoms with van der Waals surface area (Å²) in [4.78, 5) is 4.69. The van der Waals surface area contributed by atoms with Crippen LogP contribution in [0.2, 0.25) is 5.02 Å². The lowest BCUT2D eigenvalue weighted by Crippen LogP contribution is -2.25. The molecule has 0 amide bonds. The van der Waals surface area contributed by atoms with Gasteiger partial charge in [-0.2, -0.15) is 0 Å². The van der Waals surface area contributed by atoms with Crippen molar-refractivity contribution in [1.29, 1.82) is 0 Å². The van der Waals surface area contributed by atoms with Crippen LogP contribution in [-0.4, -0.2) is 9.55 Å². The minimum absolute atomic E-state index is 0.109. The van der Waals surface area contributed by atoms with Gasteiger partial charge in [-0.1, -0.05) is 40.5 Å². The Morgan fingerprint density at radius 2 is 2.00 bits per heavy atom. The lowest BCUT2D eigenvalue weighted by atomic mass is 10.1. The summed E-state index contributed by atoms with van der Waals surface area (Å²) in [6, 6.07) is 5.75. The zero-order valence-electron chi connectivity index (χ0n) is 12.2. The fraction of sp³-hybridized carbons (Fsp3) is 0.400. The zero-order valence-corrected chi connectivity index (χ0v) is 14.5. The SMILES string of the molecule is CCc1nc(-c2ccc(Br)cc2Cl)c(N)n1C(C)(C)C. The van der Waals surface area contributed by atoms with Crippen molar-refractivity contribution in [3.05, 3.63) is 33.5 Å². The van der Waals surface area contributed by atoms with E-state index in [4.69, 9.17) is 22.3 Å². The van der Waals surface area contributed by atoms with E-state index in [1.165, 1.54) is 0 Å². The second kappa shape index (κ2) is 5.41. The average Bonchev–Trinajstić information content (AvgIpc) is 2.66. The topological polar surface area (TPSA) is 43.8 Å². The molecule has 0 bridgehead atoms. The van der Waals surface area contributed by atoms with Crippen molar-refractivity contribution in [2.24, 2.45) is 0 Å². The Labute approximate surface area is 133 Å². The third-order valence-electron chi connectivity index (χ3n) is 3.16. The molecule has 0 spiro atoms. The summed E-state index contributed by atoms with van der Waals surface area (Å²) in [7, 11) is 0. The highest BCUT2D eigenvalue weighted by molar-refractivity contribution is 9.10. The highest BCUT2D eigenvalue weighted by Gasteiger charge is 2.24. The first kappa shape index (κ1) is 15.4. The highest BCUT2D eigenvalue weighted by atomic mass is 79.9. The number of halogens is 2. The number of aryl methyl sites for hydroxylation is 1. The Morgan fingerprint density at radius 1 is 1.35 bits per heavy atom. The number of imidazole rings is 1. The van der Waals surface area contributed by atoms with Crippen LogP contribution in [-0.2, 0) is 12.0 Å². The highest BCUT2D eigenvalue weighted by Crippen LogP contribution is 2.36. The molecule has 2 N–H and O–H groups in total. The molecule has 3 nitrogen and oxygen atoms in total. The largest absolute Gasteiger partial charge is 0.383 e. The Hall–Kier alpha value is -1.00. The van der Waals surface area contributed by atoms with Gasteiger partial charge in [0.05, 0.1) is 5.02 Å². The Balaban J connectivity index is 2.67. The van der Waals surface area contributed by atoms with Crippen LogP contribution in [0, 0.1) is 0 Å². The van der Waals surface area contributed by atoms with E-state index in [1.54, 1.807) is 0 Å². The predicted octanol–water partition coefficient (Wildman–Crippen LogP) is 4.87. The number of rotatable bonds is 2. The number of aromatic nitrogens is 2. The van der Waals surface area contributed by atoms with Crippen molar-refractivity contribution in [3.63, 3.8) is 0 Å². The van der Waals surface area contributed by atoms with Gasteiger partial charge in [0.15, 0.2) is 0 Å². The molecule has 0 saturated heterocycles. The summed E-state index contributed by atoms with van der Waals surface area (Å²) < 4.78 is 3.02. The number of nitrogens with two attached hydrogens (primary N) is 1. The Morgan fingerprint density at radius 3 is 2.45 bits per heavy atom. The molecular formula is C15H19BrClN3. The van der Waals surface area contributed by atoms with Gasteiger partial charge in [0, 0.05) is 22.0 Å². The molecule has 108 valence electrons. The second-order valence-corrected chi connectivity index (χ2v) is 7.07. The molecule has 0 aliphatic rings. The number of hydrogen-bond donors (Lipinski definition) is 1. The molecule has 2 aromatic rings. The maximum Gasteiger partial charge on any atom is 0.132 e. The van der Waals surface area contributed by atoms with Crippen LogP contribution in [0.1, 0.15) is 33.5 Å². The van der Waals surface area contributed by atoms with Gasteiger partial charge >= 0.3 is 0 Å². The molecular weight excluding hydrogens is 338 g/mol. The summed E-state index contributed by atoms with van der Waals surface area (Å²) in [5, 5.41) is 0.646. The molecule has 5 heteroatoms. The third kappa shape index (κ3) is 2.72. The number of anilines is 1. The molecule has 1 aromatic heterocycles. The zero-order chi connectivity index (χ0) is 15.1.